The van der Waals surface area contributed by atoms with Crippen LogP contribution in [-0.2, 0) is 9.53 Å². The largest absolute Gasteiger partial charge is 0.464 e. The molecule has 0 heterocycles. The number of hydrogen-bond acceptors (Lipinski definition) is 6. The van der Waals surface area contributed by atoms with Crippen LogP contribution in [0.5, 0.6) is 0 Å². The summed E-state index contributed by atoms with van der Waals surface area (Å²) in [6.45, 7) is 1.92. The Morgan fingerprint density at radius 2 is 1.84 bits per heavy atom. The fourth-order valence-corrected chi connectivity index (χ4v) is 2.04. The molecule has 0 saturated heterocycles. The molecule has 2 aromatic carbocycles. The molecule has 1 N–H and O–H groups in total. The van der Waals surface area contributed by atoms with Crippen molar-refractivity contribution in [2.75, 3.05) is 12.4 Å². The van der Waals surface area contributed by atoms with Crippen molar-refractivity contribution in [3.05, 3.63) is 81.5 Å². The molecular weight excluding hydrogens is 324 g/mol. The summed E-state index contributed by atoms with van der Waals surface area (Å²) in [6, 6.07) is 12.5. The lowest BCUT2D eigenvalue weighted by Crippen LogP contribution is -2.15. The molecule has 0 aliphatic heterocycles. The molecule has 2 aromatic rings. The molecule has 25 heavy (non-hydrogen) atoms. The summed E-state index contributed by atoms with van der Waals surface area (Å²) in [4.78, 5) is 34.5. The highest BCUT2D eigenvalue weighted by molar-refractivity contribution is 6.09. The number of nitro groups is 1. The van der Waals surface area contributed by atoms with Crippen molar-refractivity contribution in [2.24, 2.45) is 0 Å². The Kier molecular flexibility index (Phi) is 5.62. The van der Waals surface area contributed by atoms with E-state index in [4.69, 9.17) is 0 Å². The third-order valence-electron chi connectivity index (χ3n) is 3.35. The number of carbonyl (C=O) groups is 2. The standard InChI is InChI=1S/C18H16N2O5/c1-12-6-8-14(9-7-12)19-16(18(22)25-2)11-17(21)13-4-3-5-15(10-13)20(23)24/h3-11,19H,1-2H3/b16-11+. The lowest BCUT2D eigenvalue weighted by molar-refractivity contribution is -0.384. The van der Waals surface area contributed by atoms with E-state index in [1.807, 2.05) is 19.1 Å². The fourth-order valence-electron chi connectivity index (χ4n) is 2.04. The van der Waals surface area contributed by atoms with Crippen molar-refractivity contribution >= 4 is 23.1 Å². The van der Waals surface area contributed by atoms with E-state index >= 15 is 0 Å². The summed E-state index contributed by atoms with van der Waals surface area (Å²) in [6.07, 6.45) is 1.06. The molecule has 0 unspecified atom stereocenters. The van der Waals surface area contributed by atoms with E-state index in [1.54, 1.807) is 12.1 Å². The number of nitro benzene ring substituents is 1. The van der Waals surface area contributed by atoms with Gasteiger partial charge in [-0.05, 0) is 19.1 Å². The summed E-state index contributed by atoms with van der Waals surface area (Å²) in [7, 11) is 1.20. The number of rotatable bonds is 6. The van der Waals surface area contributed by atoms with Crippen molar-refractivity contribution in [3.8, 4) is 0 Å². The number of esters is 1. The van der Waals surface area contributed by atoms with Crippen LogP contribution in [-0.4, -0.2) is 23.8 Å². The van der Waals surface area contributed by atoms with Gasteiger partial charge in [-0.2, -0.15) is 0 Å². The number of ether oxygens (including phenoxy) is 1. The lowest BCUT2D eigenvalue weighted by atomic mass is 10.1. The van der Waals surface area contributed by atoms with Crippen LogP contribution in [0.25, 0.3) is 0 Å². The highest BCUT2D eigenvalue weighted by atomic mass is 16.6. The molecule has 0 bridgehead atoms. The van der Waals surface area contributed by atoms with Gasteiger partial charge in [0.25, 0.3) is 5.69 Å². The predicted octanol–water partition coefficient (Wildman–Crippen LogP) is 3.25. The molecule has 2 rings (SSSR count). The molecule has 0 fully saturated rings. The second-order valence-corrected chi connectivity index (χ2v) is 5.21. The predicted molar refractivity (Wildman–Crippen MR) is 92.3 cm³/mol. The first-order valence-corrected chi connectivity index (χ1v) is 7.33. The van der Waals surface area contributed by atoms with E-state index in [0.29, 0.717) is 5.69 Å². The molecule has 7 heteroatoms. The van der Waals surface area contributed by atoms with Crippen LogP contribution in [0.15, 0.2) is 60.3 Å². The van der Waals surface area contributed by atoms with Gasteiger partial charge in [-0.1, -0.05) is 29.8 Å². The highest BCUT2D eigenvalue weighted by Crippen LogP contribution is 2.16. The first-order chi connectivity index (χ1) is 11.9. The molecule has 0 aliphatic rings. The molecular formula is C18H16N2O5. The zero-order chi connectivity index (χ0) is 18.4. The van der Waals surface area contributed by atoms with Crippen molar-refractivity contribution in [3.63, 3.8) is 0 Å². The molecule has 0 radical (unpaired) electrons. The number of non-ortho nitro benzene ring substituents is 1. The Bertz CT molecular complexity index is 841. The smallest absolute Gasteiger partial charge is 0.354 e. The van der Waals surface area contributed by atoms with Crippen molar-refractivity contribution < 1.29 is 19.2 Å². The number of aryl methyl sites for hydroxylation is 1. The summed E-state index contributed by atoms with van der Waals surface area (Å²) in [5.74, 6) is -1.27. The molecule has 128 valence electrons. The second-order valence-electron chi connectivity index (χ2n) is 5.21. The number of anilines is 1. The van der Waals surface area contributed by atoms with E-state index in [9.17, 15) is 19.7 Å². The summed E-state index contributed by atoms with van der Waals surface area (Å²) in [5.41, 5.74) is 1.48. The average Bonchev–Trinajstić information content (AvgIpc) is 2.62. The van der Waals surface area contributed by atoms with Crippen LogP contribution in [0, 0.1) is 17.0 Å². The van der Waals surface area contributed by atoms with Crippen molar-refractivity contribution in [1.82, 2.24) is 0 Å². The van der Waals surface area contributed by atoms with Gasteiger partial charge < -0.3 is 10.1 Å². The minimum atomic E-state index is -0.723. The molecule has 0 aromatic heterocycles. The van der Waals surface area contributed by atoms with Gasteiger partial charge in [0.1, 0.15) is 5.70 Å². The van der Waals surface area contributed by atoms with Crippen molar-refractivity contribution in [1.29, 1.82) is 0 Å². The summed E-state index contributed by atoms with van der Waals surface area (Å²) in [5, 5.41) is 13.6. The van der Waals surface area contributed by atoms with E-state index in [-0.39, 0.29) is 16.9 Å². The molecule has 7 nitrogen and oxygen atoms in total. The average molecular weight is 340 g/mol. The molecule has 0 spiro atoms. The summed E-state index contributed by atoms with van der Waals surface area (Å²) < 4.78 is 4.68. The zero-order valence-corrected chi connectivity index (χ0v) is 13.7. The van der Waals surface area contributed by atoms with Crippen molar-refractivity contribution in [2.45, 2.75) is 6.92 Å². The second kappa shape index (κ2) is 7.87. The maximum Gasteiger partial charge on any atom is 0.354 e. The first-order valence-electron chi connectivity index (χ1n) is 7.33. The number of nitrogens with one attached hydrogen (secondary N) is 1. The number of allylic oxidation sites excluding steroid dienone is 1. The third-order valence-corrected chi connectivity index (χ3v) is 3.35. The van der Waals surface area contributed by atoms with Gasteiger partial charge in [0.05, 0.1) is 12.0 Å². The van der Waals surface area contributed by atoms with Crippen LogP contribution in [0.2, 0.25) is 0 Å². The van der Waals surface area contributed by atoms with Gasteiger partial charge in [-0.25, -0.2) is 4.79 Å². The first kappa shape index (κ1) is 17.9. The number of nitrogens with zero attached hydrogens (tertiary/aromatic N) is 1. The summed E-state index contributed by atoms with van der Waals surface area (Å²) >= 11 is 0. The number of benzene rings is 2. The van der Waals surface area contributed by atoms with Crippen LogP contribution >= 0.6 is 0 Å². The number of methoxy groups -OCH3 is 1. The normalized spacial score (nSPS) is 10.9. The van der Waals surface area contributed by atoms with Crippen LogP contribution in [0.1, 0.15) is 15.9 Å². The number of hydrogen-bond donors (Lipinski definition) is 1. The SMILES string of the molecule is COC(=O)/C(=C\C(=O)c1cccc([N+](=O)[O-])c1)Nc1ccc(C)cc1. The maximum absolute atomic E-state index is 12.3. The van der Waals surface area contributed by atoms with Crippen LogP contribution in [0.4, 0.5) is 11.4 Å². The molecule has 0 saturated carbocycles. The molecule has 0 aliphatic carbocycles. The van der Waals surface area contributed by atoms with Gasteiger partial charge in [-0.3, -0.25) is 14.9 Å². The van der Waals surface area contributed by atoms with E-state index in [0.717, 1.165) is 17.7 Å². The Labute approximate surface area is 144 Å². The van der Waals surface area contributed by atoms with Gasteiger partial charge in [0.15, 0.2) is 5.78 Å². The minimum Gasteiger partial charge on any atom is -0.464 e. The minimum absolute atomic E-state index is 0.0668. The Morgan fingerprint density at radius 1 is 1.16 bits per heavy atom. The van der Waals surface area contributed by atoms with Crippen LogP contribution < -0.4 is 5.32 Å². The number of carbonyl (C=O) groups excluding carboxylic acids is 2. The van der Waals surface area contributed by atoms with Gasteiger partial charge >= 0.3 is 5.97 Å². The zero-order valence-electron chi connectivity index (χ0n) is 13.7. The quantitative estimate of drug-likeness (QED) is 0.285. The van der Waals surface area contributed by atoms with Gasteiger partial charge in [0.2, 0.25) is 0 Å². The van der Waals surface area contributed by atoms with Gasteiger partial charge in [-0.15, -0.1) is 0 Å². The van der Waals surface area contributed by atoms with Gasteiger partial charge in [0, 0.05) is 29.5 Å². The van der Waals surface area contributed by atoms with Crippen LogP contribution in [0.3, 0.4) is 0 Å². The van der Waals surface area contributed by atoms with E-state index in [1.165, 1.54) is 25.3 Å². The molecule has 0 amide bonds. The van der Waals surface area contributed by atoms with E-state index < -0.39 is 16.7 Å². The lowest BCUT2D eigenvalue weighted by Gasteiger charge is -2.09. The monoisotopic (exact) mass is 340 g/mol. The highest BCUT2D eigenvalue weighted by Gasteiger charge is 2.15. The number of ketones is 1. The Hall–Kier alpha value is -3.48. The fraction of sp³-hybridized carbons (Fsp3) is 0.111. The topological polar surface area (TPSA) is 98.5 Å². The third kappa shape index (κ3) is 4.74. The molecule has 0 atom stereocenters. The maximum atomic E-state index is 12.3. The Morgan fingerprint density at radius 3 is 2.44 bits per heavy atom. The van der Waals surface area contributed by atoms with E-state index in [2.05, 4.69) is 10.1 Å². The Balaban J connectivity index is 2.31.